The molecule has 0 saturated heterocycles. The highest BCUT2D eigenvalue weighted by Crippen LogP contribution is 2.36. The number of hydrogen-bond acceptors (Lipinski definition) is 1. The van der Waals surface area contributed by atoms with Crippen LogP contribution in [0.5, 0.6) is 0 Å². The van der Waals surface area contributed by atoms with Crippen LogP contribution in [-0.2, 0) is 13.0 Å². The van der Waals surface area contributed by atoms with Crippen LogP contribution >= 0.6 is 0 Å². The van der Waals surface area contributed by atoms with Crippen LogP contribution in [0.15, 0.2) is 42.5 Å². The van der Waals surface area contributed by atoms with E-state index in [0.717, 1.165) is 29.4 Å². The van der Waals surface area contributed by atoms with Crippen LogP contribution in [0.25, 0.3) is 22.0 Å². The standard InChI is InChI=1S/C21H23FN2/c1-13(2)10-14-11-20-17(12-23-14)21-16(7-5-9-19(21)24-20)15-6-3-4-8-18(15)22/h3-9,13-14,23-24H,10-12H2,1-2H3. The maximum atomic E-state index is 14.3. The van der Waals surface area contributed by atoms with Gasteiger partial charge in [-0.2, -0.15) is 0 Å². The fourth-order valence-electron chi connectivity index (χ4n) is 3.94. The summed E-state index contributed by atoms with van der Waals surface area (Å²) in [7, 11) is 0. The maximum absolute atomic E-state index is 14.3. The average Bonchev–Trinajstić information content (AvgIpc) is 2.92. The molecule has 24 heavy (non-hydrogen) atoms. The number of benzene rings is 2. The summed E-state index contributed by atoms with van der Waals surface area (Å²) in [6.07, 6.45) is 2.19. The summed E-state index contributed by atoms with van der Waals surface area (Å²) in [4.78, 5) is 3.59. The number of aromatic amines is 1. The highest BCUT2D eigenvalue weighted by molar-refractivity contribution is 5.98. The number of halogens is 1. The fraction of sp³-hybridized carbons (Fsp3) is 0.333. The van der Waals surface area contributed by atoms with E-state index in [9.17, 15) is 4.39 Å². The van der Waals surface area contributed by atoms with Gasteiger partial charge in [-0.3, -0.25) is 0 Å². The van der Waals surface area contributed by atoms with Gasteiger partial charge in [-0.15, -0.1) is 0 Å². The number of rotatable bonds is 3. The largest absolute Gasteiger partial charge is 0.358 e. The van der Waals surface area contributed by atoms with Gasteiger partial charge in [0.15, 0.2) is 0 Å². The van der Waals surface area contributed by atoms with Gasteiger partial charge in [0.05, 0.1) is 0 Å². The second-order valence-electron chi connectivity index (χ2n) is 7.20. The van der Waals surface area contributed by atoms with E-state index in [0.29, 0.717) is 17.5 Å². The molecule has 0 bridgehead atoms. The molecule has 1 aliphatic rings. The lowest BCUT2D eigenvalue weighted by Crippen LogP contribution is -2.36. The zero-order valence-corrected chi connectivity index (χ0v) is 14.2. The third-order valence-electron chi connectivity index (χ3n) is 4.95. The molecule has 2 nitrogen and oxygen atoms in total. The number of H-pyrrole nitrogens is 1. The predicted molar refractivity (Wildman–Crippen MR) is 97.5 cm³/mol. The van der Waals surface area contributed by atoms with Crippen LogP contribution in [0.4, 0.5) is 4.39 Å². The Hall–Kier alpha value is -2.13. The average molecular weight is 322 g/mol. The highest BCUT2D eigenvalue weighted by atomic mass is 19.1. The van der Waals surface area contributed by atoms with Crippen LogP contribution in [0.3, 0.4) is 0 Å². The molecule has 3 heteroatoms. The SMILES string of the molecule is CC(C)CC1Cc2[nH]c3cccc(-c4ccccc4F)c3c2CN1. The minimum absolute atomic E-state index is 0.165. The molecule has 2 aromatic carbocycles. The van der Waals surface area contributed by atoms with E-state index < -0.39 is 0 Å². The quantitative estimate of drug-likeness (QED) is 0.695. The van der Waals surface area contributed by atoms with Gasteiger partial charge in [0.1, 0.15) is 5.82 Å². The Morgan fingerprint density at radius 3 is 2.67 bits per heavy atom. The van der Waals surface area contributed by atoms with Crippen LogP contribution < -0.4 is 5.32 Å². The molecular formula is C21H23FN2. The Morgan fingerprint density at radius 1 is 1.08 bits per heavy atom. The van der Waals surface area contributed by atoms with Crippen molar-refractivity contribution in [2.45, 2.75) is 39.3 Å². The number of fused-ring (bicyclic) bond motifs is 3. The molecule has 0 amide bonds. The molecule has 0 saturated carbocycles. The van der Waals surface area contributed by atoms with Crippen LogP contribution in [-0.4, -0.2) is 11.0 Å². The molecule has 4 rings (SSSR count). The van der Waals surface area contributed by atoms with E-state index in [1.165, 1.54) is 23.7 Å². The molecule has 1 unspecified atom stereocenters. The highest BCUT2D eigenvalue weighted by Gasteiger charge is 2.24. The second kappa shape index (κ2) is 6.06. The van der Waals surface area contributed by atoms with Crippen molar-refractivity contribution in [2.24, 2.45) is 5.92 Å². The molecule has 3 aromatic rings. The number of hydrogen-bond donors (Lipinski definition) is 2. The Balaban J connectivity index is 1.82. The molecule has 0 aliphatic carbocycles. The van der Waals surface area contributed by atoms with Crippen molar-refractivity contribution < 1.29 is 4.39 Å². The summed E-state index contributed by atoms with van der Waals surface area (Å²) in [5, 5.41) is 4.82. The van der Waals surface area contributed by atoms with Crippen molar-refractivity contribution in [3.8, 4) is 11.1 Å². The Morgan fingerprint density at radius 2 is 1.88 bits per heavy atom. The van der Waals surface area contributed by atoms with E-state index in [1.807, 2.05) is 24.3 Å². The van der Waals surface area contributed by atoms with Crippen molar-refractivity contribution in [1.29, 1.82) is 0 Å². The van der Waals surface area contributed by atoms with Crippen LogP contribution in [0.2, 0.25) is 0 Å². The summed E-state index contributed by atoms with van der Waals surface area (Å²) >= 11 is 0. The van der Waals surface area contributed by atoms with Gasteiger partial charge in [0.2, 0.25) is 0 Å². The number of nitrogens with one attached hydrogen (secondary N) is 2. The van der Waals surface area contributed by atoms with Crippen molar-refractivity contribution in [2.75, 3.05) is 0 Å². The van der Waals surface area contributed by atoms with Crippen molar-refractivity contribution in [3.05, 3.63) is 59.5 Å². The molecule has 0 radical (unpaired) electrons. The monoisotopic (exact) mass is 322 g/mol. The zero-order valence-electron chi connectivity index (χ0n) is 14.2. The topological polar surface area (TPSA) is 27.8 Å². The first-order valence-electron chi connectivity index (χ1n) is 8.74. The van der Waals surface area contributed by atoms with Crippen LogP contribution in [0.1, 0.15) is 31.5 Å². The predicted octanol–water partition coefficient (Wildman–Crippen LogP) is 5.03. The van der Waals surface area contributed by atoms with Crippen molar-refractivity contribution in [1.82, 2.24) is 10.3 Å². The first kappa shape index (κ1) is 15.4. The summed E-state index contributed by atoms with van der Waals surface area (Å²) in [5.41, 5.74) is 5.36. The third-order valence-corrected chi connectivity index (χ3v) is 4.95. The zero-order chi connectivity index (χ0) is 16.7. The molecule has 2 N–H and O–H groups in total. The first-order valence-corrected chi connectivity index (χ1v) is 8.74. The van der Waals surface area contributed by atoms with Gasteiger partial charge in [-0.05, 0) is 35.6 Å². The fourth-order valence-corrected chi connectivity index (χ4v) is 3.94. The lowest BCUT2D eigenvalue weighted by atomic mass is 9.92. The Kier molecular flexibility index (Phi) is 3.89. The maximum Gasteiger partial charge on any atom is 0.131 e. The van der Waals surface area contributed by atoms with Crippen molar-refractivity contribution in [3.63, 3.8) is 0 Å². The Labute approximate surface area is 142 Å². The molecule has 1 aliphatic heterocycles. The first-order chi connectivity index (χ1) is 11.6. The smallest absolute Gasteiger partial charge is 0.131 e. The van der Waals surface area contributed by atoms with E-state index >= 15 is 0 Å². The molecule has 1 aromatic heterocycles. The summed E-state index contributed by atoms with van der Waals surface area (Å²) in [6.45, 7) is 5.37. The van der Waals surface area contributed by atoms with Gasteiger partial charge in [-0.1, -0.05) is 44.2 Å². The minimum Gasteiger partial charge on any atom is -0.358 e. The van der Waals surface area contributed by atoms with E-state index in [-0.39, 0.29) is 5.82 Å². The third kappa shape index (κ3) is 2.63. The summed E-state index contributed by atoms with van der Waals surface area (Å²) in [5.74, 6) is 0.517. The molecule has 1 atom stereocenters. The minimum atomic E-state index is -0.165. The lowest BCUT2D eigenvalue weighted by Gasteiger charge is -2.25. The molecule has 0 spiro atoms. The summed E-state index contributed by atoms with van der Waals surface area (Å²) in [6, 6.07) is 13.7. The van der Waals surface area contributed by atoms with E-state index in [1.54, 1.807) is 6.07 Å². The second-order valence-corrected chi connectivity index (χ2v) is 7.20. The number of aromatic nitrogens is 1. The van der Waals surface area contributed by atoms with Crippen molar-refractivity contribution >= 4 is 10.9 Å². The van der Waals surface area contributed by atoms with Crippen LogP contribution in [0, 0.1) is 11.7 Å². The molecule has 0 fully saturated rings. The van der Waals surface area contributed by atoms with Gasteiger partial charge in [0.25, 0.3) is 0 Å². The summed E-state index contributed by atoms with van der Waals surface area (Å²) < 4.78 is 14.3. The Bertz CT molecular complexity index is 879. The van der Waals surface area contributed by atoms with Gasteiger partial charge in [-0.25, -0.2) is 4.39 Å². The van der Waals surface area contributed by atoms with E-state index in [4.69, 9.17) is 0 Å². The van der Waals surface area contributed by atoms with Gasteiger partial charge in [0, 0.05) is 41.2 Å². The lowest BCUT2D eigenvalue weighted by molar-refractivity contribution is 0.396. The van der Waals surface area contributed by atoms with Gasteiger partial charge < -0.3 is 10.3 Å². The normalized spacial score (nSPS) is 17.4. The molecule has 2 heterocycles. The van der Waals surface area contributed by atoms with Gasteiger partial charge >= 0.3 is 0 Å². The molecule has 124 valence electrons. The van der Waals surface area contributed by atoms with E-state index in [2.05, 4.69) is 30.2 Å². The molecular weight excluding hydrogens is 299 g/mol.